The van der Waals surface area contributed by atoms with Gasteiger partial charge in [0.1, 0.15) is 11.5 Å². The van der Waals surface area contributed by atoms with Crippen LogP contribution in [-0.4, -0.2) is 16.1 Å². The molecule has 0 amide bonds. The summed E-state index contributed by atoms with van der Waals surface area (Å²) in [7, 11) is 0. The first-order valence-corrected chi connectivity index (χ1v) is 4.66. The van der Waals surface area contributed by atoms with E-state index in [2.05, 4.69) is 20.9 Å². The largest absolute Gasteiger partial charge is 0.481 e. The number of halogens is 3. The Morgan fingerprint density at radius 3 is 2.73 bits per heavy atom. The van der Waals surface area contributed by atoms with E-state index in [0.29, 0.717) is 0 Å². The fraction of sp³-hybridized carbons (Fsp3) is 0.250. The topological polar surface area (TPSA) is 76.2 Å². The van der Waals surface area contributed by atoms with Crippen LogP contribution < -0.4 is 5.73 Å². The molecule has 0 unspecified atom stereocenters. The molecule has 0 fully saturated rings. The zero-order chi connectivity index (χ0) is 11.6. The first-order valence-electron chi connectivity index (χ1n) is 3.86. The minimum Gasteiger partial charge on any atom is -0.481 e. The van der Waals surface area contributed by atoms with E-state index in [4.69, 9.17) is 10.8 Å². The second kappa shape index (κ2) is 4.52. The van der Waals surface area contributed by atoms with E-state index >= 15 is 0 Å². The first-order chi connectivity index (χ1) is 6.91. The Morgan fingerprint density at radius 1 is 1.67 bits per heavy atom. The Bertz CT molecular complexity index is 398. The molecule has 4 nitrogen and oxygen atoms in total. The molecule has 0 bridgehead atoms. The van der Waals surface area contributed by atoms with E-state index in [-0.39, 0.29) is 22.3 Å². The van der Waals surface area contributed by atoms with Crippen LogP contribution in [0.15, 0.2) is 10.5 Å². The van der Waals surface area contributed by atoms with Crippen LogP contribution >= 0.6 is 15.9 Å². The summed E-state index contributed by atoms with van der Waals surface area (Å²) in [4.78, 5) is 13.9. The average Bonchev–Trinajstić information content (AvgIpc) is 2.11. The van der Waals surface area contributed by atoms with Gasteiger partial charge in [0.15, 0.2) is 0 Å². The van der Waals surface area contributed by atoms with Gasteiger partial charge in [-0.1, -0.05) is 0 Å². The van der Waals surface area contributed by atoms with Crippen LogP contribution in [0.4, 0.5) is 14.6 Å². The van der Waals surface area contributed by atoms with Gasteiger partial charge < -0.3 is 10.8 Å². The maximum absolute atomic E-state index is 12.3. The van der Waals surface area contributed by atoms with Crippen LogP contribution in [0.25, 0.3) is 0 Å². The SMILES string of the molecule is Nc1nc(C(F)F)cc(CC(=O)O)c1Br. The van der Waals surface area contributed by atoms with Crippen molar-refractivity contribution in [3.8, 4) is 0 Å². The summed E-state index contributed by atoms with van der Waals surface area (Å²) in [6.07, 6.45) is -3.15. The summed E-state index contributed by atoms with van der Waals surface area (Å²) in [6, 6.07) is 1.03. The zero-order valence-corrected chi connectivity index (χ0v) is 8.96. The summed E-state index contributed by atoms with van der Waals surface area (Å²) >= 11 is 3.00. The van der Waals surface area contributed by atoms with Gasteiger partial charge in [-0.15, -0.1) is 0 Å². The molecule has 0 aliphatic carbocycles. The third kappa shape index (κ3) is 2.85. The molecule has 1 heterocycles. The van der Waals surface area contributed by atoms with E-state index in [0.717, 1.165) is 6.07 Å². The number of nitrogen functional groups attached to an aromatic ring is 1. The van der Waals surface area contributed by atoms with Gasteiger partial charge in [0.05, 0.1) is 10.9 Å². The first kappa shape index (κ1) is 11.8. The van der Waals surface area contributed by atoms with Gasteiger partial charge >= 0.3 is 5.97 Å². The normalized spacial score (nSPS) is 10.7. The molecule has 0 aromatic carbocycles. The Hall–Kier alpha value is -1.24. The van der Waals surface area contributed by atoms with E-state index in [1.54, 1.807) is 0 Å². The molecule has 0 saturated carbocycles. The maximum atomic E-state index is 12.3. The summed E-state index contributed by atoms with van der Waals surface area (Å²) in [6.45, 7) is 0. The minimum atomic E-state index is -2.77. The molecule has 0 atom stereocenters. The van der Waals surface area contributed by atoms with E-state index in [1.807, 2.05) is 0 Å². The van der Waals surface area contributed by atoms with Crippen molar-refractivity contribution >= 4 is 27.7 Å². The molecule has 0 radical (unpaired) electrons. The Kier molecular flexibility index (Phi) is 3.57. The van der Waals surface area contributed by atoms with Crippen LogP contribution in [0.5, 0.6) is 0 Å². The highest BCUT2D eigenvalue weighted by atomic mass is 79.9. The summed E-state index contributed by atoms with van der Waals surface area (Å²) < 4.78 is 24.9. The van der Waals surface area contributed by atoms with Crippen molar-refractivity contribution in [2.75, 3.05) is 5.73 Å². The lowest BCUT2D eigenvalue weighted by molar-refractivity contribution is -0.136. The van der Waals surface area contributed by atoms with Crippen LogP contribution in [0.1, 0.15) is 17.7 Å². The van der Waals surface area contributed by atoms with Gasteiger partial charge in [0, 0.05) is 0 Å². The van der Waals surface area contributed by atoms with Gasteiger partial charge in [-0.25, -0.2) is 13.8 Å². The van der Waals surface area contributed by atoms with E-state index < -0.39 is 18.1 Å². The van der Waals surface area contributed by atoms with Crippen molar-refractivity contribution in [3.05, 3.63) is 21.8 Å². The summed E-state index contributed by atoms with van der Waals surface area (Å²) in [5, 5.41) is 8.54. The maximum Gasteiger partial charge on any atom is 0.307 e. The lowest BCUT2D eigenvalue weighted by Gasteiger charge is -2.07. The molecular formula is C8H7BrF2N2O2. The molecule has 0 saturated heterocycles. The molecule has 82 valence electrons. The van der Waals surface area contributed by atoms with Gasteiger partial charge in [-0.2, -0.15) is 0 Å². The molecule has 0 spiro atoms. The Balaban J connectivity index is 3.18. The third-order valence-electron chi connectivity index (χ3n) is 1.64. The van der Waals surface area contributed by atoms with E-state index in [9.17, 15) is 13.6 Å². The smallest absolute Gasteiger partial charge is 0.307 e. The zero-order valence-electron chi connectivity index (χ0n) is 7.38. The second-order valence-electron chi connectivity index (χ2n) is 2.78. The van der Waals surface area contributed by atoms with Crippen LogP contribution in [0.3, 0.4) is 0 Å². The number of hydrogen-bond acceptors (Lipinski definition) is 3. The lowest BCUT2D eigenvalue weighted by atomic mass is 10.1. The number of aliphatic carboxylic acids is 1. The van der Waals surface area contributed by atoms with Gasteiger partial charge in [0.2, 0.25) is 0 Å². The molecule has 1 aromatic heterocycles. The fourth-order valence-electron chi connectivity index (χ4n) is 1.03. The van der Waals surface area contributed by atoms with Crippen LogP contribution in [0, 0.1) is 0 Å². The molecule has 3 N–H and O–H groups in total. The summed E-state index contributed by atoms with van der Waals surface area (Å²) in [5.74, 6) is -1.26. The molecular weight excluding hydrogens is 274 g/mol. The van der Waals surface area contributed by atoms with Crippen molar-refractivity contribution in [2.24, 2.45) is 0 Å². The van der Waals surface area contributed by atoms with Gasteiger partial charge in [0.25, 0.3) is 6.43 Å². The van der Waals surface area contributed by atoms with Crippen molar-refractivity contribution in [1.29, 1.82) is 0 Å². The number of nitrogens with two attached hydrogens (primary N) is 1. The third-order valence-corrected chi connectivity index (χ3v) is 2.56. The number of carboxylic acids is 1. The van der Waals surface area contributed by atoms with Gasteiger partial charge in [-0.3, -0.25) is 4.79 Å². The van der Waals surface area contributed by atoms with E-state index in [1.165, 1.54) is 0 Å². The number of alkyl halides is 2. The highest BCUT2D eigenvalue weighted by molar-refractivity contribution is 9.10. The molecule has 7 heteroatoms. The Morgan fingerprint density at radius 2 is 2.27 bits per heavy atom. The Labute approximate surface area is 92.2 Å². The van der Waals surface area contributed by atoms with Crippen LogP contribution in [-0.2, 0) is 11.2 Å². The standard InChI is InChI=1S/C8H7BrF2N2O2/c9-6-3(2-5(14)15)1-4(7(10)11)13-8(6)12/h1,7H,2H2,(H2,12,13)(H,14,15). The summed E-state index contributed by atoms with van der Waals surface area (Å²) in [5.41, 5.74) is 5.01. The van der Waals surface area contributed by atoms with Crippen molar-refractivity contribution in [1.82, 2.24) is 4.98 Å². The molecule has 1 aromatic rings. The highest BCUT2D eigenvalue weighted by Gasteiger charge is 2.16. The minimum absolute atomic E-state index is 0.135. The van der Waals surface area contributed by atoms with Crippen LogP contribution in [0.2, 0.25) is 0 Å². The number of carboxylic acid groups (broad SMARTS) is 1. The number of rotatable bonds is 3. The predicted octanol–water partition coefficient (Wildman–Crippen LogP) is 1.99. The van der Waals surface area contributed by atoms with Crippen molar-refractivity contribution < 1.29 is 18.7 Å². The number of hydrogen-bond donors (Lipinski definition) is 2. The molecule has 1 rings (SSSR count). The number of nitrogens with zero attached hydrogens (tertiary/aromatic N) is 1. The monoisotopic (exact) mass is 280 g/mol. The average molecular weight is 281 g/mol. The van der Waals surface area contributed by atoms with Gasteiger partial charge in [-0.05, 0) is 27.6 Å². The fourth-order valence-corrected chi connectivity index (χ4v) is 1.37. The predicted molar refractivity (Wildman–Crippen MR) is 52.6 cm³/mol. The lowest BCUT2D eigenvalue weighted by Crippen LogP contribution is -2.06. The number of aromatic nitrogens is 1. The molecule has 0 aliphatic rings. The van der Waals surface area contributed by atoms with Crippen molar-refractivity contribution in [2.45, 2.75) is 12.8 Å². The second-order valence-corrected chi connectivity index (χ2v) is 3.57. The number of anilines is 1. The quantitative estimate of drug-likeness (QED) is 0.888. The molecule has 0 aliphatic heterocycles. The highest BCUT2D eigenvalue weighted by Crippen LogP contribution is 2.27. The van der Waals surface area contributed by atoms with Crippen molar-refractivity contribution in [3.63, 3.8) is 0 Å². The number of carbonyl (C=O) groups is 1. The molecule has 15 heavy (non-hydrogen) atoms. The number of pyridine rings is 1.